The molecule has 5 heteroatoms. The summed E-state index contributed by atoms with van der Waals surface area (Å²) in [7, 11) is 0. The molecule has 1 aliphatic carbocycles. The summed E-state index contributed by atoms with van der Waals surface area (Å²) in [4.78, 5) is 9.09. The molecule has 21 heavy (non-hydrogen) atoms. The molecular formula is C16H19FN4. The first-order valence-electron chi connectivity index (χ1n) is 7.35. The molecule has 1 saturated carbocycles. The minimum absolute atomic E-state index is 0.249. The van der Waals surface area contributed by atoms with E-state index in [1.807, 2.05) is 6.20 Å². The van der Waals surface area contributed by atoms with E-state index in [1.54, 1.807) is 12.1 Å². The zero-order valence-electron chi connectivity index (χ0n) is 11.8. The van der Waals surface area contributed by atoms with E-state index < -0.39 is 0 Å². The van der Waals surface area contributed by atoms with E-state index in [9.17, 15) is 4.39 Å². The second kappa shape index (κ2) is 6.18. The molecule has 0 aliphatic heterocycles. The van der Waals surface area contributed by atoms with Crippen LogP contribution in [0.1, 0.15) is 30.9 Å². The number of nitrogens with two attached hydrogens (primary N) is 1. The Morgan fingerprint density at radius 2 is 2.00 bits per heavy atom. The number of nitrogens with zero attached hydrogens (tertiary/aromatic N) is 2. The van der Waals surface area contributed by atoms with Gasteiger partial charge >= 0.3 is 0 Å². The SMILES string of the molecule is NCCCNc1cnc(-c2ccc(F)cc2)nc1C1CC1. The van der Waals surface area contributed by atoms with Gasteiger partial charge in [-0.05, 0) is 50.1 Å². The molecule has 3 N–H and O–H groups in total. The Balaban J connectivity index is 1.86. The van der Waals surface area contributed by atoms with Crippen LogP contribution in [-0.4, -0.2) is 23.1 Å². The lowest BCUT2D eigenvalue weighted by Gasteiger charge is -2.11. The van der Waals surface area contributed by atoms with Crippen LogP contribution in [0.15, 0.2) is 30.5 Å². The summed E-state index contributed by atoms with van der Waals surface area (Å²) in [6.07, 6.45) is 5.09. The van der Waals surface area contributed by atoms with E-state index in [2.05, 4.69) is 15.3 Å². The first-order valence-corrected chi connectivity index (χ1v) is 7.35. The molecule has 0 amide bonds. The molecular weight excluding hydrogens is 267 g/mol. The van der Waals surface area contributed by atoms with Gasteiger partial charge in [0.05, 0.1) is 17.6 Å². The van der Waals surface area contributed by atoms with E-state index in [0.29, 0.717) is 18.3 Å². The molecule has 3 rings (SSSR count). The third-order valence-electron chi connectivity index (χ3n) is 3.58. The minimum atomic E-state index is -0.249. The molecule has 1 aromatic heterocycles. The highest BCUT2D eigenvalue weighted by molar-refractivity contribution is 5.59. The summed E-state index contributed by atoms with van der Waals surface area (Å²) in [5.74, 6) is 0.926. The number of hydrogen-bond donors (Lipinski definition) is 2. The lowest BCUT2D eigenvalue weighted by Crippen LogP contribution is -2.11. The van der Waals surface area contributed by atoms with Gasteiger partial charge in [-0.3, -0.25) is 0 Å². The van der Waals surface area contributed by atoms with Crippen molar-refractivity contribution in [1.82, 2.24) is 9.97 Å². The van der Waals surface area contributed by atoms with Crippen molar-refractivity contribution in [2.24, 2.45) is 5.73 Å². The summed E-state index contributed by atoms with van der Waals surface area (Å²) in [6, 6.07) is 6.29. The number of aromatic nitrogens is 2. The Hall–Kier alpha value is -2.01. The lowest BCUT2D eigenvalue weighted by atomic mass is 10.2. The minimum Gasteiger partial charge on any atom is -0.382 e. The quantitative estimate of drug-likeness (QED) is 0.801. The fourth-order valence-corrected chi connectivity index (χ4v) is 2.26. The van der Waals surface area contributed by atoms with Crippen molar-refractivity contribution >= 4 is 5.69 Å². The van der Waals surface area contributed by atoms with Crippen LogP contribution >= 0.6 is 0 Å². The standard InChI is InChI=1S/C16H19FN4/c17-13-6-4-12(5-7-13)16-20-10-14(19-9-1-8-18)15(21-16)11-2-3-11/h4-7,10-11,19H,1-3,8-9,18H2. The third kappa shape index (κ3) is 3.36. The first-order chi connectivity index (χ1) is 10.3. The van der Waals surface area contributed by atoms with Crippen LogP contribution in [0.2, 0.25) is 0 Å². The number of nitrogens with one attached hydrogen (secondary N) is 1. The maximum Gasteiger partial charge on any atom is 0.159 e. The fourth-order valence-electron chi connectivity index (χ4n) is 2.26. The lowest BCUT2D eigenvalue weighted by molar-refractivity contribution is 0.628. The maximum absolute atomic E-state index is 13.0. The third-order valence-corrected chi connectivity index (χ3v) is 3.58. The highest BCUT2D eigenvalue weighted by Crippen LogP contribution is 2.42. The van der Waals surface area contributed by atoms with Gasteiger partial charge in [0.2, 0.25) is 0 Å². The van der Waals surface area contributed by atoms with E-state index in [1.165, 1.54) is 25.0 Å². The highest BCUT2D eigenvalue weighted by atomic mass is 19.1. The molecule has 1 aromatic carbocycles. The highest BCUT2D eigenvalue weighted by Gasteiger charge is 2.28. The maximum atomic E-state index is 13.0. The molecule has 0 radical (unpaired) electrons. The van der Waals surface area contributed by atoms with Crippen molar-refractivity contribution in [2.75, 3.05) is 18.4 Å². The van der Waals surface area contributed by atoms with Gasteiger partial charge in [-0.2, -0.15) is 0 Å². The van der Waals surface area contributed by atoms with Crippen LogP contribution in [-0.2, 0) is 0 Å². The zero-order chi connectivity index (χ0) is 14.7. The van der Waals surface area contributed by atoms with Gasteiger partial charge in [-0.25, -0.2) is 14.4 Å². The van der Waals surface area contributed by atoms with Crippen molar-refractivity contribution in [3.8, 4) is 11.4 Å². The summed E-state index contributed by atoms with van der Waals surface area (Å²) >= 11 is 0. The van der Waals surface area contributed by atoms with Crippen molar-refractivity contribution < 1.29 is 4.39 Å². The summed E-state index contributed by atoms with van der Waals surface area (Å²) in [5, 5.41) is 3.36. The predicted octanol–water partition coefficient (Wildman–Crippen LogP) is 2.92. The van der Waals surface area contributed by atoms with E-state index >= 15 is 0 Å². The largest absolute Gasteiger partial charge is 0.382 e. The molecule has 110 valence electrons. The van der Waals surface area contributed by atoms with Crippen LogP contribution in [0, 0.1) is 5.82 Å². The van der Waals surface area contributed by atoms with Gasteiger partial charge in [-0.1, -0.05) is 0 Å². The number of benzene rings is 1. The Bertz CT molecular complexity index is 608. The number of halogens is 1. The van der Waals surface area contributed by atoms with Gasteiger partial charge in [-0.15, -0.1) is 0 Å². The van der Waals surface area contributed by atoms with Crippen molar-refractivity contribution in [1.29, 1.82) is 0 Å². The van der Waals surface area contributed by atoms with E-state index in [4.69, 9.17) is 5.73 Å². The van der Waals surface area contributed by atoms with Gasteiger partial charge in [0, 0.05) is 18.0 Å². The number of rotatable bonds is 6. The molecule has 0 spiro atoms. The van der Waals surface area contributed by atoms with Gasteiger partial charge in [0.15, 0.2) is 5.82 Å². The zero-order valence-corrected chi connectivity index (χ0v) is 11.8. The normalized spacial score (nSPS) is 14.2. The Morgan fingerprint density at radius 3 is 2.67 bits per heavy atom. The molecule has 1 aliphatic rings. The molecule has 0 atom stereocenters. The smallest absolute Gasteiger partial charge is 0.159 e. The average molecular weight is 286 g/mol. The second-order valence-electron chi connectivity index (χ2n) is 5.34. The first kappa shape index (κ1) is 13.9. The van der Waals surface area contributed by atoms with Crippen LogP contribution in [0.4, 0.5) is 10.1 Å². The Morgan fingerprint density at radius 1 is 1.24 bits per heavy atom. The molecule has 4 nitrogen and oxygen atoms in total. The fraction of sp³-hybridized carbons (Fsp3) is 0.375. The predicted molar refractivity (Wildman–Crippen MR) is 81.6 cm³/mol. The van der Waals surface area contributed by atoms with Crippen LogP contribution < -0.4 is 11.1 Å². The van der Waals surface area contributed by atoms with Gasteiger partial charge in [0.25, 0.3) is 0 Å². The van der Waals surface area contributed by atoms with E-state index in [-0.39, 0.29) is 5.82 Å². The van der Waals surface area contributed by atoms with Crippen molar-refractivity contribution in [3.05, 3.63) is 42.0 Å². The average Bonchev–Trinajstić information content (AvgIpc) is 3.33. The molecule has 1 fully saturated rings. The van der Waals surface area contributed by atoms with E-state index in [0.717, 1.165) is 29.9 Å². The van der Waals surface area contributed by atoms with Crippen molar-refractivity contribution in [3.63, 3.8) is 0 Å². The number of anilines is 1. The Labute approximate surface area is 123 Å². The Kier molecular flexibility index (Phi) is 4.10. The summed E-state index contributed by atoms with van der Waals surface area (Å²) in [5.41, 5.74) is 8.42. The molecule has 2 aromatic rings. The summed E-state index contributed by atoms with van der Waals surface area (Å²) in [6.45, 7) is 1.50. The van der Waals surface area contributed by atoms with Gasteiger partial charge < -0.3 is 11.1 Å². The van der Waals surface area contributed by atoms with Crippen LogP contribution in [0.3, 0.4) is 0 Å². The second-order valence-corrected chi connectivity index (χ2v) is 5.34. The monoisotopic (exact) mass is 286 g/mol. The van der Waals surface area contributed by atoms with Crippen LogP contribution in [0.25, 0.3) is 11.4 Å². The molecule has 0 saturated heterocycles. The molecule has 0 unspecified atom stereocenters. The molecule has 0 bridgehead atoms. The molecule has 1 heterocycles. The topological polar surface area (TPSA) is 63.8 Å². The van der Waals surface area contributed by atoms with Gasteiger partial charge in [0.1, 0.15) is 5.82 Å². The summed E-state index contributed by atoms with van der Waals surface area (Å²) < 4.78 is 13.0. The number of hydrogen-bond acceptors (Lipinski definition) is 4. The van der Waals surface area contributed by atoms with Crippen molar-refractivity contribution in [2.45, 2.75) is 25.2 Å². The van der Waals surface area contributed by atoms with Crippen LogP contribution in [0.5, 0.6) is 0 Å².